The third-order valence-corrected chi connectivity index (χ3v) is 4.46. The minimum atomic E-state index is -0.423. The van der Waals surface area contributed by atoms with E-state index in [4.69, 9.17) is 11.6 Å². The number of nitriles is 1. The molecular weight excluding hydrogens is 358 g/mol. The van der Waals surface area contributed by atoms with E-state index in [-0.39, 0.29) is 10.7 Å². The van der Waals surface area contributed by atoms with Gasteiger partial charge < -0.3 is 5.32 Å². The lowest BCUT2D eigenvalue weighted by atomic mass is 10.1. The summed E-state index contributed by atoms with van der Waals surface area (Å²) in [4.78, 5) is 16.7. The normalized spacial score (nSPS) is 11.2. The standard InChI is InChI=1S/C22H18ClN3O/c1-15-7-8-17-12-18(21(23)26-20(17)11-15)13-19(14-24)22(27)25-10-9-16-5-3-2-4-6-16/h2-8,11-13H,9-10H2,1H3,(H,25,27)/b19-13+. The molecule has 0 atom stereocenters. The molecule has 5 heteroatoms. The van der Waals surface area contributed by atoms with Crippen LogP contribution in [0.3, 0.4) is 0 Å². The van der Waals surface area contributed by atoms with Gasteiger partial charge in [0.1, 0.15) is 16.8 Å². The Morgan fingerprint density at radius 1 is 1.22 bits per heavy atom. The van der Waals surface area contributed by atoms with Gasteiger partial charge in [-0.1, -0.05) is 54.1 Å². The minimum absolute atomic E-state index is 0.00165. The van der Waals surface area contributed by atoms with Gasteiger partial charge in [0, 0.05) is 17.5 Å². The van der Waals surface area contributed by atoms with Gasteiger partial charge in [-0.25, -0.2) is 4.98 Å². The largest absolute Gasteiger partial charge is 0.351 e. The first kappa shape index (κ1) is 18.6. The molecule has 0 aliphatic rings. The number of fused-ring (bicyclic) bond motifs is 1. The minimum Gasteiger partial charge on any atom is -0.351 e. The lowest BCUT2D eigenvalue weighted by Gasteiger charge is -2.06. The fourth-order valence-electron chi connectivity index (χ4n) is 2.74. The summed E-state index contributed by atoms with van der Waals surface area (Å²) in [5, 5.41) is 13.3. The van der Waals surface area contributed by atoms with Crippen LogP contribution in [0.5, 0.6) is 0 Å². The summed E-state index contributed by atoms with van der Waals surface area (Å²) in [5.41, 5.74) is 3.53. The molecule has 0 saturated carbocycles. The number of benzene rings is 2. The number of halogens is 1. The summed E-state index contributed by atoms with van der Waals surface area (Å²) < 4.78 is 0. The van der Waals surface area contributed by atoms with Crippen molar-refractivity contribution in [2.75, 3.05) is 6.54 Å². The molecule has 0 spiro atoms. The Bertz CT molecular complexity index is 1050. The van der Waals surface area contributed by atoms with Gasteiger partial charge in [-0.3, -0.25) is 4.79 Å². The van der Waals surface area contributed by atoms with Crippen molar-refractivity contribution in [3.63, 3.8) is 0 Å². The predicted molar refractivity (Wildman–Crippen MR) is 108 cm³/mol. The van der Waals surface area contributed by atoms with Crippen molar-refractivity contribution < 1.29 is 4.79 Å². The second-order valence-corrected chi connectivity index (χ2v) is 6.58. The van der Waals surface area contributed by atoms with Gasteiger partial charge in [0.2, 0.25) is 0 Å². The zero-order valence-electron chi connectivity index (χ0n) is 14.9. The van der Waals surface area contributed by atoms with E-state index in [1.54, 1.807) is 0 Å². The molecule has 134 valence electrons. The number of pyridine rings is 1. The zero-order chi connectivity index (χ0) is 19.2. The topological polar surface area (TPSA) is 65.8 Å². The van der Waals surface area contributed by atoms with Crippen molar-refractivity contribution in [1.82, 2.24) is 10.3 Å². The summed E-state index contributed by atoms with van der Waals surface area (Å²) in [7, 11) is 0. The smallest absolute Gasteiger partial charge is 0.261 e. The van der Waals surface area contributed by atoms with Crippen LogP contribution in [0.25, 0.3) is 17.0 Å². The molecule has 1 N–H and O–H groups in total. The van der Waals surface area contributed by atoms with Gasteiger partial charge in [0.05, 0.1) is 5.52 Å². The van der Waals surface area contributed by atoms with Crippen molar-refractivity contribution in [2.45, 2.75) is 13.3 Å². The second-order valence-electron chi connectivity index (χ2n) is 6.23. The molecule has 2 aromatic carbocycles. The van der Waals surface area contributed by atoms with Crippen LogP contribution in [0.2, 0.25) is 5.15 Å². The van der Waals surface area contributed by atoms with Crippen LogP contribution in [0.15, 0.2) is 60.2 Å². The SMILES string of the molecule is Cc1ccc2cc(/C=C(\C#N)C(=O)NCCc3ccccc3)c(Cl)nc2c1. The number of carbonyl (C=O) groups excluding carboxylic acids is 1. The molecule has 0 saturated heterocycles. The fourth-order valence-corrected chi connectivity index (χ4v) is 2.94. The van der Waals surface area contributed by atoms with E-state index < -0.39 is 5.91 Å². The van der Waals surface area contributed by atoms with E-state index in [0.717, 1.165) is 22.0 Å². The molecule has 0 aliphatic heterocycles. The maximum absolute atomic E-state index is 12.3. The lowest BCUT2D eigenvalue weighted by Crippen LogP contribution is -2.26. The Morgan fingerprint density at radius 3 is 2.74 bits per heavy atom. The number of amides is 1. The Hall–Kier alpha value is -3.16. The van der Waals surface area contributed by atoms with Crippen molar-refractivity contribution in [3.8, 4) is 6.07 Å². The average molecular weight is 376 g/mol. The highest BCUT2D eigenvalue weighted by atomic mass is 35.5. The van der Waals surface area contributed by atoms with E-state index in [1.807, 2.05) is 67.6 Å². The summed E-state index contributed by atoms with van der Waals surface area (Å²) in [6.45, 7) is 2.43. The van der Waals surface area contributed by atoms with Gasteiger partial charge >= 0.3 is 0 Å². The molecule has 1 amide bonds. The maximum atomic E-state index is 12.3. The zero-order valence-corrected chi connectivity index (χ0v) is 15.6. The molecule has 0 aliphatic carbocycles. The number of rotatable bonds is 5. The molecule has 0 unspecified atom stereocenters. The van der Waals surface area contributed by atoms with Crippen LogP contribution in [-0.4, -0.2) is 17.4 Å². The predicted octanol–water partition coefficient (Wildman–Crippen LogP) is 4.46. The van der Waals surface area contributed by atoms with Gasteiger partial charge in [-0.2, -0.15) is 5.26 Å². The molecule has 0 fully saturated rings. The number of carbonyl (C=O) groups is 1. The Balaban J connectivity index is 1.76. The molecule has 1 aromatic heterocycles. The molecule has 0 radical (unpaired) electrons. The van der Waals surface area contributed by atoms with E-state index in [9.17, 15) is 10.1 Å². The lowest BCUT2D eigenvalue weighted by molar-refractivity contribution is -0.117. The molecular formula is C22H18ClN3O. The van der Waals surface area contributed by atoms with Gasteiger partial charge in [0.15, 0.2) is 0 Å². The van der Waals surface area contributed by atoms with Crippen LogP contribution in [0.4, 0.5) is 0 Å². The van der Waals surface area contributed by atoms with Crippen LogP contribution in [0, 0.1) is 18.3 Å². The van der Waals surface area contributed by atoms with Crippen LogP contribution < -0.4 is 5.32 Å². The first-order valence-corrected chi connectivity index (χ1v) is 8.95. The van der Waals surface area contributed by atoms with Crippen LogP contribution in [-0.2, 0) is 11.2 Å². The van der Waals surface area contributed by atoms with Gasteiger partial charge in [-0.05, 0) is 42.7 Å². The molecule has 0 bridgehead atoms. The monoisotopic (exact) mass is 375 g/mol. The number of aryl methyl sites for hydroxylation is 1. The molecule has 27 heavy (non-hydrogen) atoms. The molecule has 3 rings (SSSR count). The summed E-state index contributed by atoms with van der Waals surface area (Å²) in [6.07, 6.45) is 2.18. The highest BCUT2D eigenvalue weighted by Gasteiger charge is 2.11. The van der Waals surface area contributed by atoms with Crippen molar-refractivity contribution in [2.24, 2.45) is 0 Å². The van der Waals surface area contributed by atoms with E-state index in [1.165, 1.54) is 6.08 Å². The van der Waals surface area contributed by atoms with Gasteiger partial charge in [0.25, 0.3) is 5.91 Å². The first-order valence-electron chi connectivity index (χ1n) is 8.57. The molecule has 4 nitrogen and oxygen atoms in total. The quantitative estimate of drug-likeness (QED) is 0.406. The van der Waals surface area contributed by atoms with Crippen LogP contribution in [0.1, 0.15) is 16.7 Å². The second kappa shape index (κ2) is 8.48. The fraction of sp³-hybridized carbons (Fsp3) is 0.136. The number of hydrogen-bond donors (Lipinski definition) is 1. The van der Waals surface area contributed by atoms with Crippen molar-refractivity contribution in [1.29, 1.82) is 5.26 Å². The van der Waals surface area contributed by atoms with E-state index in [0.29, 0.717) is 18.5 Å². The first-order chi connectivity index (χ1) is 13.1. The highest BCUT2D eigenvalue weighted by molar-refractivity contribution is 6.31. The van der Waals surface area contributed by atoms with Gasteiger partial charge in [-0.15, -0.1) is 0 Å². The number of nitrogens with one attached hydrogen (secondary N) is 1. The third-order valence-electron chi connectivity index (χ3n) is 4.16. The Kier molecular flexibility index (Phi) is 5.85. The summed E-state index contributed by atoms with van der Waals surface area (Å²) >= 11 is 6.25. The highest BCUT2D eigenvalue weighted by Crippen LogP contribution is 2.23. The molecule has 3 aromatic rings. The number of hydrogen-bond acceptors (Lipinski definition) is 3. The summed E-state index contributed by atoms with van der Waals surface area (Å²) in [5.74, 6) is -0.423. The Morgan fingerprint density at radius 2 is 2.00 bits per heavy atom. The van der Waals surface area contributed by atoms with E-state index in [2.05, 4.69) is 10.3 Å². The van der Waals surface area contributed by atoms with E-state index >= 15 is 0 Å². The maximum Gasteiger partial charge on any atom is 0.261 e. The Labute approximate surface area is 163 Å². The van der Waals surface area contributed by atoms with Crippen molar-refractivity contribution in [3.05, 3.63) is 82.0 Å². The average Bonchev–Trinajstić information content (AvgIpc) is 2.67. The number of aromatic nitrogens is 1. The van der Waals surface area contributed by atoms with Crippen molar-refractivity contribution >= 4 is 34.5 Å². The summed E-state index contributed by atoms with van der Waals surface area (Å²) in [6, 6.07) is 19.5. The third kappa shape index (κ3) is 4.72. The molecule has 1 heterocycles. The number of nitrogens with zero attached hydrogens (tertiary/aromatic N) is 2. The van der Waals surface area contributed by atoms with Crippen LogP contribution >= 0.6 is 11.6 Å².